The van der Waals surface area contributed by atoms with Gasteiger partial charge in [-0.1, -0.05) is 37.3 Å². The molecule has 0 aromatic heterocycles. The second-order valence-corrected chi connectivity index (χ2v) is 5.40. The number of hydrogen-bond donors (Lipinski definition) is 2. The molecule has 0 heterocycles. The molecule has 114 valence electrons. The van der Waals surface area contributed by atoms with Gasteiger partial charge in [0.2, 0.25) is 0 Å². The summed E-state index contributed by atoms with van der Waals surface area (Å²) in [6.45, 7) is 6.36. The van der Waals surface area contributed by atoms with Crippen molar-refractivity contribution < 1.29 is 9.84 Å². The highest BCUT2D eigenvalue weighted by atomic mass is 16.5. The van der Waals surface area contributed by atoms with Crippen LogP contribution in [0.25, 0.3) is 0 Å². The average molecular weight is 280 g/mol. The van der Waals surface area contributed by atoms with E-state index >= 15 is 0 Å². The van der Waals surface area contributed by atoms with E-state index in [1.54, 1.807) is 7.11 Å². The molecule has 0 saturated heterocycles. The molecule has 2 atom stereocenters. The minimum Gasteiger partial charge on any atom is -0.394 e. The predicted octanol–water partition coefficient (Wildman–Crippen LogP) is 1.58. The summed E-state index contributed by atoms with van der Waals surface area (Å²) in [5.74, 6) is 0. The van der Waals surface area contributed by atoms with E-state index in [1.807, 2.05) is 30.3 Å². The largest absolute Gasteiger partial charge is 0.394 e. The summed E-state index contributed by atoms with van der Waals surface area (Å²) in [5.41, 5.74) is 6.68. The van der Waals surface area contributed by atoms with Gasteiger partial charge in [-0.25, -0.2) is 0 Å². The molecule has 1 rings (SSSR count). The van der Waals surface area contributed by atoms with Crippen LogP contribution in [0, 0.1) is 0 Å². The molecule has 0 saturated carbocycles. The topological polar surface area (TPSA) is 58.7 Å². The zero-order valence-corrected chi connectivity index (χ0v) is 12.9. The molecule has 0 radical (unpaired) electrons. The van der Waals surface area contributed by atoms with E-state index in [4.69, 9.17) is 10.5 Å². The van der Waals surface area contributed by atoms with Gasteiger partial charge in [0.25, 0.3) is 0 Å². The summed E-state index contributed by atoms with van der Waals surface area (Å²) in [6.07, 6.45) is 1.04. The molecular weight excluding hydrogens is 252 g/mol. The van der Waals surface area contributed by atoms with E-state index in [2.05, 4.69) is 18.7 Å². The van der Waals surface area contributed by atoms with Crippen molar-refractivity contribution in [1.82, 2.24) is 4.90 Å². The number of hydrogen-bond acceptors (Lipinski definition) is 4. The molecule has 1 aromatic carbocycles. The lowest BCUT2D eigenvalue weighted by molar-refractivity contribution is 0.0804. The van der Waals surface area contributed by atoms with Crippen molar-refractivity contribution >= 4 is 0 Å². The first-order valence-corrected chi connectivity index (χ1v) is 7.25. The third-order valence-corrected chi connectivity index (χ3v) is 3.91. The van der Waals surface area contributed by atoms with Gasteiger partial charge in [0, 0.05) is 26.2 Å². The van der Waals surface area contributed by atoms with E-state index in [0.717, 1.165) is 18.5 Å². The van der Waals surface area contributed by atoms with Gasteiger partial charge in [-0.15, -0.1) is 0 Å². The number of aliphatic hydroxyl groups is 1. The molecule has 0 aliphatic heterocycles. The quantitative estimate of drug-likeness (QED) is 0.721. The SMILES string of the molecule is CCC(C)N(CCOC)CC(N)(CO)c1ccccc1. The highest BCUT2D eigenvalue weighted by Crippen LogP contribution is 2.20. The molecule has 0 fully saturated rings. The summed E-state index contributed by atoms with van der Waals surface area (Å²) in [5, 5.41) is 9.78. The maximum atomic E-state index is 9.78. The van der Waals surface area contributed by atoms with Gasteiger partial charge in [0.15, 0.2) is 0 Å². The fourth-order valence-electron chi connectivity index (χ4n) is 2.29. The number of nitrogens with zero attached hydrogens (tertiary/aromatic N) is 1. The van der Waals surface area contributed by atoms with Crippen LogP contribution in [0.2, 0.25) is 0 Å². The van der Waals surface area contributed by atoms with Crippen molar-refractivity contribution in [3.05, 3.63) is 35.9 Å². The van der Waals surface area contributed by atoms with Gasteiger partial charge in [0.1, 0.15) is 0 Å². The summed E-state index contributed by atoms with van der Waals surface area (Å²) < 4.78 is 5.18. The van der Waals surface area contributed by atoms with E-state index < -0.39 is 5.54 Å². The zero-order chi connectivity index (χ0) is 15.0. The Hall–Kier alpha value is -0.940. The van der Waals surface area contributed by atoms with Gasteiger partial charge in [-0.05, 0) is 18.9 Å². The van der Waals surface area contributed by atoms with Gasteiger partial charge >= 0.3 is 0 Å². The normalized spacial score (nSPS) is 16.1. The van der Waals surface area contributed by atoms with Gasteiger partial charge in [-0.3, -0.25) is 4.90 Å². The van der Waals surface area contributed by atoms with Crippen molar-refractivity contribution in [2.45, 2.75) is 31.8 Å². The second kappa shape index (κ2) is 8.37. The Morgan fingerprint density at radius 2 is 2.00 bits per heavy atom. The van der Waals surface area contributed by atoms with Crippen molar-refractivity contribution in [2.75, 3.05) is 33.4 Å². The Morgan fingerprint density at radius 3 is 2.50 bits per heavy atom. The highest BCUT2D eigenvalue weighted by molar-refractivity contribution is 5.24. The molecule has 4 heteroatoms. The Morgan fingerprint density at radius 1 is 1.35 bits per heavy atom. The second-order valence-electron chi connectivity index (χ2n) is 5.40. The van der Waals surface area contributed by atoms with Crippen molar-refractivity contribution in [3.8, 4) is 0 Å². The van der Waals surface area contributed by atoms with E-state index in [1.165, 1.54) is 0 Å². The highest BCUT2D eigenvalue weighted by Gasteiger charge is 2.30. The minimum atomic E-state index is -0.738. The molecule has 1 aromatic rings. The molecule has 20 heavy (non-hydrogen) atoms. The minimum absolute atomic E-state index is 0.0725. The summed E-state index contributed by atoms with van der Waals surface area (Å²) in [7, 11) is 1.70. The Labute approximate surface area is 122 Å². The van der Waals surface area contributed by atoms with Crippen LogP contribution >= 0.6 is 0 Å². The van der Waals surface area contributed by atoms with E-state index in [-0.39, 0.29) is 6.61 Å². The molecule has 0 spiro atoms. The Balaban J connectivity index is 2.87. The molecule has 0 amide bonds. The first-order chi connectivity index (χ1) is 9.57. The lowest BCUT2D eigenvalue weighted by atomic mass is 9.90. The zero-order valence-electron chi connectivity index (χ0n) is 12.9. The number of benzene rings is 1. The number of rotatable bonds is 9. The average Bonchev–Trinajstić information content (AvgIpc) is 2.51. The Bertz CT molecular complexity index is 372. The van der Waals surface area contributed by atoms with Crippen LogP contribution in [-0.4, -0.2) is 49.5 Å². The fraction of sp³-hybridized carbons (Fsp3) is 0.625. The lowest BCUT2D eigenvalue weighted by Gasteiger charge is -2.37. The van der Waals surface area contributed by atoms with Crippen LogP contribution in [0.3, 0.4) is 0 Å². The maximum Gasteiger partial charge on any atom is 0.0773 e. The molecule has 4 nitrogen and oxygen atoms in total. The van der Waals surface area contributed by atoms with Crippen LogP contribution in [0.15, 0.2) is 30.3 Å². The number of ether oxygens (including phenoxy) is 1. The summed E-state index contributed by atoms with van der Waals surface area (Å²) >= 11 is 0. The van der Waals surface area contributed by atoms with Crippen LogP contribution in [0.5, 0.6) is 0 Å². The first kappa shape index (κ1) is 17.1. The van der Waals surface area contributed by atoms with Crippen molar-refractivity contribution in [1.29, 1.82) is 0 Å². The van der Waals surface area contributed by atoms with Gasteiger partial charge in [-0.2, -0.15) is 0 Å². The summed E-state index contributed by atoms with van der Waals surface area (Å²) in [4.78, 5) is 2.28. The lowest BCUT2D eigenvalue weighted by Crippen LogP contribution is -2.53. The van der Waals surface area contributed by atoms with Gasteiger partial charge < -0.3 is 15.6 Å². The molecule has 0 aliphatic carbocycles. The first-order valence-electron chi connectivity index (χ1n) is 7.25. The standard InChI is InChI=1S/C16H28N2O2/c1-4-14(2)18(10-11-20-3)12-16(17,13-19)15-8-6-5-7-9-15/h5-9,14,19H,4,10-13,17H2,1-3H3. The Kier molecular flexibility index (Phi) is 7.16. The van der Waals surface area contributed by atoms with Crippen LogP contribution in [0.1, 0.15) is 25.8 Å². The molecule has 2 unspecified atom stereocenters. The third kappa shape index (κ3) is 4.56. The fourth-order valence-corrected chi connectivity index (χ4v) is 2.29. The van der Waals surface area contributed by atoms with Crippen LogP contribution < -0.4 is 5.73 Å². The van der Waals surface area contributed by atoms with Crippen LogP contribution in [-0.2, 0) is 10.3 Å². The molecule has 0 aliphatic rings. The van der Waals surface area contributed by atoms with Crippen LogP contribution in [0.4, 0.5) is 0 Å². The molecule has 0 bridgehead atoms. The summed E-state index contributed by atoms with van der Waals surface area (Å²) in [6, 6.07) is 10.2. The predicted molar refractivity (Wildman–Crippen MR) is 82.6 cm³/mol. The van der Waals surface area contributed by atoms with Gasteiger partial charge in [0.05, 0.1) is 18.8 Å². The smallest absolute Gasteiger partial charge is 0.0773 e. The van der Waals surface area contributed by atoms with E-state index in [0.29, 0.717) is 19.2 Å². The third-order valence-electron chi connectivity index (χ3n) is 3.91. The van der Waals surface area contributed by atoms with Crippen molar-refractivity contribution in [3.63, 3.8) is 0 Å². The van der Waals surface area contributed by atoms with E-state index in [9.17, 15) is 5.11 Å². The molecular formula is C16H28N2O2. The maximum absolute atomic E-state index is 9.78. The number of aliphatic hydroxyl groups excluding tert-OH is 1. The number of nitrogens with two attached hydrogens (primary N) is 1. The monoisotopic (exact) mass is 280 g/mol. The number of methoxy groups -OCH3 is 1. The molecule has 3 N–H and O–H groups in total. The van der Waals surface area contributed by atoms with Crippen molar-refractivity contribution in [2.24, 2.45) is 5.73 Å².